The summed E-state index contributed by atoms with van der Waals surface area (Å²) in [4.78, 5) is 16.7. The van der Waals surface area contributed by atoms with Crippen LogP contribution in [0.25, 0.3) is 0 Å². The Labute approximate surface area is 168 Å². The minimum atomic E-state index is -0.556. The summed E-state index contributed by atoms with van der Waals surface area (Å²) >= 11 is 0. The Bertz CT molecular complexity index is 974. The van der Waals surface area contributed by atoms with Crippen LogP contribution >= 0.6 is 0 Å². The third kappa shape index (κ3) is 4.76. The van der Waals surface area contributed by atoms with Gasteiger partial charge in [-0.2, -0.15) is 0 Å². The highest BCUT2D eigenvalue weighted by Gasteiger charge is 2.19. The average Bonchev–Trinajstić information content (AvgIpc) is 2.78. The van der Waals surface area contributed by atoms with E-state index in [-0.39, 0.29) is 12.2 Å². The van der Waals surface area contributed by atoms with Crippen LogP contribution in [0.1, 0.15) is 15.9 Å². The highest BCUT2D eigenvalue weighted by atomic mass is 16.5. The molecule has 0 fully saturated rings. The molecule has 0 N–H and O–H groups in total. The van der Waals surface area contributed by atoms with E-state index in [0.717, 1.165) is 0 Å². The van der Waals surface area contributed by atoms with Gasteiger partial charge in [-0.05, 0) is 18.2 Å². The molecule has 0 radical (unpaired) electrons. The molecule has 7 heteroatoms. The molecule has 3 aromatic rings. The van der Waals surface area contributed by atoms with Crippen molar-refractivity contribution in [1.29, 1.82) is 0 Å². The van der Waals surface area contributed by atoms with E-state index in [1.807, 2.05) is 18.2 Å². The van der Waals surface area contributed by atoms with Crippen LogP contribution in [-0.4, -0.2) is 32.3 Å². The summed E-state index contributed by atoms with van der Waals surface area (Å²) in [5, 5.41) is 0. The van der Waals surface area contributed by atoms with Crippen molar-refractivity contribution in [3.63, 3.8) is 0 Å². The Morgan fingerprint density at radius 1 is 0.862 bits per heavy atom. The summed E-state index contributed by atoms with van der Waals surface area (Å²) in [6.45, 7) is 0.0206. The lowest BCUT2D eigenvalue weighted by molar-refractivity contribution is 0.0466. The monoisotopic (exact) mass is 395 g/mol. The Morgan fingerprint density at radius 3 is 2.28 bits per heavy atom. The van der Waals surface area contributed by atoms with Gasteiger partial charge in [0.2, 0.25) is 0 Å². The van der Waals surface area contributed by atoms with Crippen LogP contribution in [0, 0.1) is 0 Å². The molecule has 150 valence electrons. The second kappa shape index (κ2) is 9.45. The molecule has 29 heavy (non-hydrogen) atoms. The molecule has 0 aliphatic heterocycles. The van der Waals surface area contributed by atoms with Gasteiger partial charge in [-0.3, -0.25) is 4.98 Å². The van der Waals surface area contributed by atoms with Crippen molar-refractivity contribution >= 4 is 5.97 Å². The number of carbonyl (C=O) groups is 1. The molecule has 0 amide bonds. The van der Waals surface area contributed by atoms with Crippen molar-refractivity contribution in [1.82, 2.24) is 4.98 Å². The molecular formula is C22H21NO6. The van der Waals surface area contributed by atoms with Crippen molar-refractivity contribution in [2.45, 2.75) is 6.61 Å². The molecule has 0 aliphatic carbocycles. The van der Waals surface area contributed by atoms with Crippen LogP contribution in [0.5, 0.6) is 28.7 Å². The summed E-state index contributed by atoms with van der Waals surface area (Å²) in [5.74, 6) is 1.80. The van der Waals surface area contributed by atoms with E-state index >= 15 is 0 Å². The fourth-order valence-electron chi connectivity index (χ4n) is 2.67. The topological polar surface area (TPSA) is 76.1 Å². The molecule has 1 heterocycles. The number of rotatable bonds is 8. The standard InChI is InChI=1S/C22H21NO6/c1-25-19-12-21(27-3)20(26-2)11-17(19)22(24)28-14-15-7-4-5-9-18(15)29-16-8-6-10-23-13-16/h4-13H,14H2,1-3H3. The predicted molar refractivity (Wildman–Crippen MR) is 106 cm³/mol. The molecule has 0 unspecified atom stereocenters. The second-order valence-electron chi connectivity index (χ2n) is 5.88. The third-order valence-corrected chi connectivity index (χ3v) is 4.12. The number of nitrogens with zero attached hydrogens (tertiary/aromatic N) is 1. The van der Waals surface area contributed by atoms with Gasteiger partial charge in [-0.15, -0.1) is 0 Å². The van der Waals surface area contributed by atoms with Crippen molar-refractivity contribution in [2.75, 3.05) is 21.3 Å². The number of carbonyl (C=O) groups excluding carboxylic acids is 1. The molecule has 0 spiro atoms. The fraction of sp³-hybridized carbons (Fsp3) is 0.182. The molecule has 7 nitrogen and oxygen atoms in total. The minimum absolute atomic E-state index is 0.0206. The lowest BCUT2D eigenvalue weighted by Crippen LogP contribution is -2.08. The number of aromatic nitrogens is 1. The van der Waals surface area contributed by atoms with E-state index in [0.29, 0.717) is 34.3 Å². The molecule has 3 rings (SSSR count). The Balaban J connectivity index is 1.78. The van der Waals surface area contributed by atoms with E-state index in [9.17, 15) is 4.79 Å². The largest absolute Gasteiger partial charge is 0.496 e. The van der Waals surface area contributed by atoms with Gasteiger partial charge in [0.05, 0.1) is 27.5 Å². The first-order chi connectivity index (χ1) is 14.2. The molecule has 2 aromatic carbocycles. The first-order valence-electron chi connectivity index (χ1n) is 8.79. The maximum absolute atomic E-state index is 12.7. The Morgan fingerprint density at radius 2 is 1.59 bits per heavy atom. The summed E-state index contributed by atoms with van der Waals surface area (Å²) in [6, 6.07) is 14.0. The van der Waals surface area contributed by atoms with Crippen LogP contribution in [0.15, 0.2) is 60.9 Å². The van der Waals surface area contributed by atoms with E-state index < -0.39 is 5.97 Å². The predicted octanol–water partition coefficient (Wildman–Crippen LogP) is 4.26. The molecule has 0 bridgehead atoms. The minimum Gasteiger partial charge on any atom is -0.496 e. The maximum atomic E-state index is 12.7. The number of para-hydroxylation sites is 1. The van der Waals surface area contributed by atoms with Gasteiger partial charge in [0.1, 0.15) is 29.4 Å². The molecule has 1 aromatic heterocycles. The quantitative estimate of drug-likeness (QED) is 0.528. The number of hydrogen-bond donors (Lipinski definition) is 0. The molecular weight excluding hydrogens is 374 g/mol. The van der Waals surface area contributed by atoms with Gasteiger partial charge in [0.25, 0.3) is 0 Å². The van der Waals surface area contributed by atoms with E-state index in [1.165, 1.54) is 27.4 Å². The zero-order chi connectivity index (χ0) is 20.6. The summed E-state index contributed by atoms with van der Waals surface area (Å²) in [7, 11) is 4.47. The number of benzene rings is 2. The van der Waals surface area contributed by atoms with Crippen LogP contribution in [0.4, 0.5) is 0 Å². The van der Waals surface area contributed by atoms with Crippen LogP contribution < -0.4 is 18.9 Å². The molecule has 0 saturated carbocycles. The van der Waals surface area contributed by atoms with E-state index in [1.54, 1.807) is 36.7 Å². The summed E-state index contributed by atoms with van der Waals surface area (Å²) in [5.41, 5.74) is 0.944. The fourth-order valence-corrected chi connectivity index (χ4v) is 2.67. The lowest BCUT2D eigenvalue weighted by atomic mass is 10.1. The van der Waals surface area contributed by atoms with Crippen molar-refractivity contribution in [2.24, 2.45) is 0 Å². The smallest absolute Gasteiger partial charge is 0.342 e. The molecule has 0 aliphatic rings. The van der Waals surface area contributed by atoms with Crippen LogP contribution in [0.2, 0.25) is 0 Å². The van der Waals surface area contributed by atoms with Gasteiger partial charge >= 0.3 is 5.97 Å². The Hall–Kier alpha value is -3.74. The second-order valence-corrected chi connectivity index (χ2v) is 5.88. The Kier molecular flexibility index (Phi) is 6.52. The van der Waals surface area contributed by atoms with Crippen LogP contribution in [-0.2, 0) is 11.3 Å². The first kappa shape index (κ1) is 20.0. The zero-order valence-corrected chi connectivity index (χ0v) is 16.4. The van der Waals surface area contributed by atoms with Gasteiger partial charge < -0.3 is 23.7 Å². The van der Waals surface area contributed by atoms with Gasteiger partial charge in [0.15, 0.2) is 11.5 Å². The van der Waals surface area contributed by atoms with E-state index in [4.69, 9.17) is 23.7 Å². The normalized spacial score (nSPS) is 10.2. The van der Waals surface area contributed by atoms with E-state index in [2.05, 4.69) is 4.98 Å². The summed E-state index contributed by atoms with van der Waals surface area (Å²) in [6.07, 6.45) is 3.27. The van der Waals surface area contributed by atoms with Crippen LogP contribution in [0.3, 0.4) is 0 Å². The van der Waals surface area contributed by atoms with Crippen molar-refractivity contribution in [3.8, 4) is 28.7 Å². The summed E-state index contributed by atoms with van der Waals surface area (Å²) < 4.78 is 27.1. The zero-order valence-electron chi connectivity index (χ0n) is 16.4. The SMILES string of the molecule is COc1cc(OC)c(C(=O)OCc2ccccc2Oc2cccnc2)cc1OC. The highest BCUT2D eigenvalue weighted by Crippen LogP contribution is 2.35. The highest BCUT2D eigenvalue weighted by molar-refractivity contribution is 5.93. The maximum Gasteiger partial charge on any atom is 0.342 e. The van der Waals surface area contributed by atoms with Crippen molar-refractivity contribution in [3.05, 3.63) is 72.1 Å². The molecule has 0 saturated heterocycles. The number of pyridine rings is 1. The van der Waals surface area contributed by atoms with Gasteiger partial charge in [-0.1, -0.05) is 18.2 Å². The number of methoxy groups -OCH3 is 3. The number of hydrogen-bond acceptors (Lipinski definition) is 7. The third-order valence-electron chi connectivity index (χ3n) is 4.12. The lowest BCUT2D eigenvalue weighted by Gasteiger charge is -2.14. The number of esters is 1. The number of ether oxygens (including phenoxy) is 5. The average molecular weight is 395 g/mol. The van der Waals surface area contributed by atoms with Gasteiger partial charge in [0, 0.05) is 23.9 Å². The molecule has 0 atom stereocenters. The van der Waals surface area contributed by atoms with Gasteiger partial charge in [-0.25, -0.2) is 4.79 Å². The first-order valence-corrected chi connectivity index (χ1v) is 8.79. The van der Waals surface area contributed by atoms with Crippen molar-refractivity contribution < 1.29 is 28.5 Å².